The Morgan fingerprint density at radius 2 is 1.09 bits per heavy atom. The predicted molar refractivity (Wildman–Crippen MR) is 133 cm³/mol. The maximum absolute atomic E-state index is 6.33. The third-order valence-electron chi connectivity index (χ3n) is 5.63. The number of hydrogen-bond acceptors (Lipinski definition) is 4. The van der Waals surface area contributed by atoms with Gasteiger partial charge in [0.1, 0.15) is 24.7 Å². The van der Waals surface area contributed by atoms with Gasteiger partial charge in [-0.15, -0.1) is 0 Å². The fourth-order valence-electron chi connectivity index (χ4n) is 3.78. The Hall–Kier alpha value is -2.30. The molecule has 3 rings (SSSR count). The molecule has 32 heavy (non-hydrogen) atoms. The highest BCUT2D eigenvalue weighted by molar-refractivity contribution is 6.11. The van der Waals surface area contributed by atoms with E-state index in [4.69, 9.17) is 18.9 Å². The Kier molecular flexibility index (Phi) is 10.1. The lowest BCUT2D eigenvalue weighted by Crippen LogP contribution is -2.10. The van der Waals surface area contributed by atoms with Crippen LogP contribution in [0.4, 0.5) is 0 Å². The van der Waals surface area contributed by atoms with Gasteiger partial charge >= 0.3 is 0 Å². The van der Waals surface area contributed by atoms with Crippen LogP contribution in [0.25, 0.3) is 21.5 Å². The van der Waals surface area contributed by atoms with Crippen LogP contribution in [-0.4, -0.2) is 39.6 Å². The van der Waals surface area contributed by atoms with Gasteiger partial charge in [-0.1, -0.05) is 70.0 Å². The third-order valence-corrected chi connectivity index (χ3v) is 5.63. The first-order valence-electron chi connectivity index (χ1n) is 12.2. The van der Waals surface area contributed by atoms with Crippen molar-refractivity contribution < 1.29 is 18.9 Å². The number of rotatable bonds is 15. The van der Waals surface area contributed by atoms with Crippen molar-refractivity contribution in [1.29, 1.82) is 0 Å². The SMILES string of the molecule is CCCCOCCOc1c2ccccc2c(OCCOCCCC)c2cc(CC)ccc12. The van der Waals surface area contributed by atoms with Gasteiger partial charge in [0.25, 0.3) is 0 Å². The number of hydrogen-bond donors (Lipinski definition) is 0. The molecule has 0 N–H and O–H groups in total. The molecule has 0 aliphatic heterocycles. The van der Waals surface area contributed by atoms with E-state index in [0.717, 1.165) is 78.4 Å². The van der Waals surface area contributed by atoms with Crippen molar-refractivity contribution in [2.45, 2.75) is 52.9 Å². The van der Waals surface area contributed by atoms with Crippen LogP contribution in [-0.2, 0) is 15.9 Å². The van der Waals surface area contributed by atoms with E-state index in [2.05, 4.69) is 63.2 Å². The van der Waals surface area contributed by atoms with E-state index in [1.807, 2.05) is 0 Å². The molecule has 0 spiro atoms. The summed E-state index contributed by atoms with van der Waals surface area (Å²) in [4.78, 5) is 0. The maximum Gasteiger partial charge on any atom is 0.135 e. The number of ether oxygens (including phenoxy) is 4. The molecule has 3 aromatic rings. The van der Waals surface area contributed by atoms with E-state index in [0.29, 0.717) is 26.4 Å². The first-order valence-corrected chi connectivity index (χ1v) is 12.2. The molecule has 0 aliphatic carbocycles. The minimum absolute atomic E-state index is 0.532. The van der Waals surface area contributed by atoms with Gasteiger partial charge in [-0.2, -0.15) is 0 Å². The van der Waals surface area contributed by atoms with Crippen molar-refractivity contribution >= 4 is 21.5 Å². The molecule has 0 unspecified atom stereocenters. The molecule has 0 aromatic heterocycles. The van der Waals surface area contributed by atoms with Gasteiger partial charge in [-0.05, 0) is 30.9 Å². The molecule has 4 nitrogen and oxygen atoms in total. The van der Waals surface area contributed by atoms with Gasteiger partial charge in [-0.3, -0.25) is 0 Å². The van der Waals surface area contributed by atoms with Gasteiger partial charge in [0.2, 0.25) is 0 Å². The number of aryl methyl sites for hydroxylation is 1. The summed E-state index contributed by atoms with van der Waals surface area (Å²) >= 11 is 0. The molecule has 4 heteroatoms. The fourth-order valence-corrected chi connectivity index (χ4v) is 3.78. The number of unbranched alkanes of at least 4 members (excludes halogenated alkanes) is 2. The smallest absolute Gasteiger partial charge is 0.135 e. The predicted octanol–water partition coefficient (Wildman–Crippen LogP) is 6.95. The standard InChI is InChI=1S/C28H38O4/c1-4-7-15-29-17-19-31-27-23-11-9-10-12-24(23)28(32-20-18-30-16-8-5-2)26-21-22(6-3)13-14-25(26)27/h9-14,21H,4-8,15-20H2,1-3H3. The number of benzene rings is 3. The molecular weight excluding hydrogens is 400 g/mol. The summed E-state index contributed by atoms with van der Waals surface area (Å²) in [5, 5.41) is 4.32. The van der Waals surface area contributed by atoms with E-state index in [1.165, 1.54) is 5.56 Å². The van der Waals surface area contributed by atoms with Crippen LogP contribution < -0.4 is 9.47 Å². The van der Waals surface area contributed by atoms with Gasteiger partial charge in [-0.25, -0.2) is 0 Å². The molecule has 0 saturated carbocycles. The summed E-state index contributed by atoms with van der Waals surface area (Å²) in [5.41, 5.74) is 1.28. The van der Waals surface area contributed by atoms with Crippen molar-refractivity contribution in [3.63, 3.8) is 0 Å². The topological polar surface area (TPSA) is 36.9 Å². The van der Waals surface area contributed by atoms with E-state index < -0.39 is 0 Å². The van der Waals surface area contributed by atoms with Gasteiger partial charge < -0.3 is 18.9 Å². The molecule has 0 saturated heterocycles. The first kappa shape index (κ1) is 24.3. The van der Waals surface area contributed by atoms with Gasteiger partial charge in [0, 0.05) is 34.8 Å². The van der Waals surface area contributed by atoms with Crippen LogP contribution in [0.3, 0.4) is 0 Å². The summed E-state index contributed by atoms with van der Waals surface area (Å²) in [6.07, 6.45) is 5.42. The number of fused-ring (bicyclic) bond motifs is 2. The second kappa shape index (κ2) is 13.3. The molecule has 0 bridgehead atoms. The Labute approximate surface area is 192 Å². The normalized spacial score (nSPS) is 11.3. The average molecular weight is 439 g/mol. The quantitative estimate of drug-likeness (QED) is 0.190. The van der Waals surface area contributed by atoms with Crippen molar-refractivity contribution in [3.8, 4) is 11.5 Å². The lowest BCUT2D eigenvalue weighted by atomic mass is 9.98. The zero-order valence-corrected chi connectivity index (χ0v) is 20.0. The molecule has 174 valence electrons. The lowest BCUT2D eigenvalue weighted by molar-refractivity contribution is 0.0983. The largest absolute Gasteiger partial charge is 0.490 e. The third kappa shape index (κ3) is 6.36. The minimum atomic E-state index is 0.532. The van der Waals surface area contributed by atoms with Crippen LogP contribution in [0, 0.1) is 0 Å². The summed E-state index contributed by atoms with van der Waals surface area (Å²) in [6, 6.07) is 14.9. The molecule has 0 heterocycles. The summed E-state index contributed by atoms with van der Waals surface area (Å²) in [5.74, 6) is 1.82. The van der Waals surface area contributed by atoms with Crippen molar-refractivity contribution in [2.24, 2.45) is 0 Å². The lowest BCUT2D eigenvalue weighted by Gasteiger charge is -2.18. The Bertz CT molecular complexity index is 966. The van der Waals surface area contributed by atoms with E-state index >= 15 is 0 Å². The summed E-state index contributed by atoms with van der Waals surface area (Å²) < 4.78 is 24.1. The molecule has 0 aliphatic rings. The zero-order chi connectivity index (χ0) is 22.6. The molecular formula is C28H38O4. The molecule has 0 fully saturated rings. The average Bonchev–Trinajstić information content (AvgIpc) is 2.83. The second-order valence-corrected chi connectivity index (χ2v) is 8.07. The summed E-state index contributed by atoms with van der Waals surface area (Å²) in [6.45, 7) is 10.3. The molecule has 0 radical (unpaired) electrons. The van der Waals surface area contributed by atoms with Crippen LogP contribution in [0.1, 0.15) is 52.0 Å². The first-order chi connectivity index (χ1) is 15.8. The van der Waals surface area contributed by atoms with E-state index in [9.17, 15) is 0 Å². The Morgan fingerprint density at radius 3 is 1.62 bits per heavy atom. The minimum Gasteiger partial charge on any atom is -0.490 e. The summed E-state index contributed by atoms with van der Waals surface area (Å²) in [7, 11) is 0. The van der Waals surface area contributed by atoms with Crippen molar-refractivity contribution in [2.75, 3.05) is 39.6 Å². The van der Waals surface area contributed by atoms with Gasteiger partial charge in [0.15, 0.2) is 0 Å². The van der Waals surface area contributed by atoms with Crippen LogP contribution >= 0.6 is 0 Å². The van der Waals surface area contributed by atoms with Crippen LogP contribution in [0.2, 0.25) is 0 Å². The highest BCUT2D eigenvalue weighted by Crippen LogP contribution is 2.43. The highest BCUT2D eigenvalue weighted by Gasteiger charge is 2.16. The van der Waals surface area contributed by atoms with Gasteiger partial charge in [0.05, 0.1) is 13.2 Å². The Balaban J connectivity index is 1.89. The molecule has 0 atom stereocenters. The van der Waals surface area contributed by atoms with Crippen LogP contribution in [0.5, 0.6) is 11.5 Å². The fraction of sp³-hybridized carbons (Fsp3) is 0.500. The monoisotopic (exact) mass is 438 g/mol. The second-order valence-electron chi connectivity index (χ2n) is 8.07. The maximum atomic E-state index is 6.33. The van der Waals surface area contributed by atoms with E-state index in [-0.39, 0.29) is 0 Å². The van der Waals surface area contributed by atoms with Crippen LogP contribution in [0.15, 0.2) is 42.5 Å². The molecule has 0 amide bonds. The van der Waals surface area contributed by atoms with E-state index in [1.54, 1.807) is 0 Å². The Morgan fingerprint density at radius 1 is 0.562 bits per heavy atom. The van der Waals surface area contributed by atoms with Crippen molar-refractivity contribution in [1.82, 2.24) is 0 Å². The van der Waals surface area contributed by atoms with Crippen molar-refractivity contribution in [3.05, 3.63) is 48.0 Å². The molecule has 3 aromatic carbocycles. The zero-order valence-electron chi connectivity index (χ0n) is 20.0. The highest BCUT2D eigenvalue weighted by atomic mass is 16.5.